The molecule has 0 saturated carbocycles. The van der Waals surface area contributed by atoms with E-state index >= 15 is 0 Å². The number of ether oxygens (including phenoxy) is 1. The van der Waals surface area contributed by atoms with E-state index in [0.29, 0.717) is 0 Å². The molecule has 1 rings (SSSR count). The Hall–Kier alpha value is -2.38. The highest BCUT2D eigenvalue weighted by Crippen LogP contribution is 2.21. The Balaban J connectivity index is 3.15. The first-order chi connectivity index (χ1) is 8.86. The fraction of sp³-hybridized carbons (Fsp3) is 0.455. The first-order valence-corrected chi connectivity index (χ1v) is 5.66. The van der Waals surface area contributed by atoms with Gasteiger partial charge >= 0.3 is 0 Å². The van der Waals surface area contributed by atoms with Crippen LogP contribution in [0.2, 0.25) is 0 Å². The van der Waals surface area contributed by atoms with Gasteiger partial charge in [-0.25, -0.2) is 4.98 Å². The molecule has 0 bridgehead atoms. The van der Waals surface area contributed by atoms with Crippen LogP contribution in [0.15, 0.2) is 17.3 Å². The predicted octanol–water partition coefficient (Wildman–Crippen LogP) is 1.51. The van der Waals surface area contributed by atoms with E-state index in [4.69, 9.17) is 15.7 Å². The van der Waals surface area contributed by atoms with Gasteiger partial charge < -0.3 is 15.7 Å². The highest BCUT2D eigenvalue weighted by Gasteiger charge is 2.21. The molecule has 0 aliphatic heterocycles. The zero-order valence-corrected chi connectivity index (χ0v) is 10.9. The lowest BCUT2D eigenvalue weighted by molar-refractivity contribution is -0.385. The molecule has 104 valence electrons. The number of pyridine rings is 1. The fourth-order valence-corrected chi connectivity index (χ4v) is 1.21. The zero-order chi connectivity index (χ0) is 14.6. The van der Waals surface area contributed by atoms with E-state index in [-0.39, 0.29) is 29.3 Å². The second kappa shape index (κ2) is 5.98. The SMILES string of the molecule is CC(C)C(C)Oc1ccc([N+](=O)[O-])c(/C(N)=N/O)n1. The number of amidine groups is 1. The second-order valence-corrected chi connectivity index (χ2v) is 4.33. The first kappa shape index (κ1) is 14.7. The summed E-state index contributed by atoms with van der Waals surface area (Å²) in [6.07, 6.45) is -0.117. The maximum atomic E-state index is 10.8. The van der Waals surface area contributed by atoms with Crippen molar-refractivity contribution in [2.45, 2.75) is 26.9 Å². The van der Waals surface area contributed by atoms with Crippen LogP contribution in [-0.2, 0) is 0 Å². The summed E-state index contributed by atoms with van der Waals surface area (Å²) in [5, 5.41) is 22.2. The molecule has 0 fully saturated rings. The van der Waals surface area contributed by atoms with Crippen molar-refractivity contribution in [1.29, 1.82) is 0 Å². The predicted molar refractivity (Wildman–Crippen MR) is 68.3 cm³/mol. The topological polar surface area (TPSA) is 124 Å². The Labute approximate surface area is 110 Å². The minimum absolute atomic E-state index is 0.117. The van der Waals surface area contributed by atoms with Crippen molar-refractivity contribution < 1.29 is 14.9 Å². The Morgan fingerprint density at radius 3 is 2.63 bits per heavy atom. The van der Waals surface area contributed by atoms with Gasteiger partial charge in [0.15, 0.2) is 11.5 Å². The van der Waals surface area contributed by atoms with Gasteiger partial charge in [-0.15, -0.1) is 0 Å². The van der Waals surface area contributed by atoms with E-state index < -0.39 is 10.8 Å². The lowest BCUT2D eigenvalue weighted by Crippen LogP contribution is -2.21. The molecule has 0 aromatic carbocycles. The summed E-state index contributed by atoms with van der Waals surface area (Å²) in [5.74, 6) is 0.00653. The summed E-state index contributed by atoms with van der Waals surface area (Å²) in [4.78, 5) is 14.1. The molecule has 3 N–H and O–H groups in total. The zero-order valence-electron chi connectivity index (χ0n) is 10.9. The van der Waals surface area contributed by atoms with Crippen molar-refractivity contribution in [3.05, 3.63) is 27.9 Å². The van der Waals surface area contributed by atoms with Gasteiger partial charge in [-0.2, -0.15) is 0 Å². The van der Waals surface area contributed by atoms with Gasteiger partial charge in [-0.3, -0.25) is 10.1 Å². The highest BCUT2D eigenvalue weighted by atomic mass is 16.6. The Kier molecular flexibility index (Phi) is 4.62. The molecule has 8 heteroatoms. The van der Waals surface area contributed by atoms with E-state index in [1.165, 1.54) is 12.1 Å². The third-order valence-corrected chi connectivity index (χ3v) is 2.64. The van der Waals surface area contributed by atoms with Crippen molar-refractivity contribution in [1.82, 2.24) is 4.98 Å². The van der Waals surface area contributed by atoms with E-state index in [2.05, 4.69) is 10.1 Å². The third kappa shape index (κ3) is 3.54. The number of hydrogen-bond acceptors (Lipinski definition) is 6. The number of nitrogens with two attached hydrogens (primary N) is 1. The molecule has 0 radical (unpaired) electrons. The summed E-state index contributed by atoms with van der Waals surface area (Å²) in [6, 6.07) is 2.59. The number of oxime groups is 1. The van der Waals surface area contributed by atoms with Crippen LogP contribution >= 0.6 is 0 Å². The standard InChI is InChI=1S/C11H16N4O4/c1-6(2)7(3)19-9-5-4-8(15(17)18)10(13-9)11(12)14-16/h4-7,16H,1-3H3,(H2,12,14). The minimum atomic E-state index is -0.657. The average molecular weight is 268 g/mol. The third-order valence-electron chi connectivity index (χ3n) is 2.64. The number of hydrogen-bond donors (Lipinski definition) is 2. The minimum Gasteiger partial charge on any atom is -0.474 e. The Bertz CT molecular complexity index is 501. The van der Waals surface area contributed by atoms with Crippen molar-refractivity contribution in [3.63, 3.8) is 0 Å². The average Bonchev–Trinajstić information content (AvgIpc) is 2.37. The maximum absolute atomic E-state index is 10.8. The van der Waals surface area contributed by atoms with E-state index in [0.717, 1.165) is 0 Å². The van der Waals surface area contributed by atoms with Crippen LogP contribution in [0.5, 0.6) is 5.88 Å². The molecule has 8 nitrogen and oxygen atoms in total. The number of rotatable bonds is 5. The molecule has 1 aromatic rings. The van der Waals surface area contributed by atoms with Gasteiger partial charge in [-0.05, 0) is 12.8 Å². The Morgan fingerprint density at radius 2 is 2.16 bits per heavy atom. The van der Waals surface area contributed by atoms with Crippen LogP contribution in [-0.4, -0.2) is 27.1 Å². The Morgan fingerprint density at radius 1 is 1.53 bits per heavy atom. The van der Waals surface area contributed by atoms with Gasteiger partial charge in [0, 0.05) is 12.1 Å². The molecule has 0 saturated heterocycles. The molecule has 1 aromatic heterocycles. The van der Waals surface area contributed by atoms with Crippen LogP contribution in [0.4, 0.5) is 5.69 Å². The van der Waals surface area contributed by atoms with Gasteiger partial charge in [0.1, 0.15) is 0 Å². The molecular weight excluding hydrogens is 252 g/mol. The molecule has 19 heavy (non-hydrogen) atoms. The van der Waals surface area contributed by atoms with Crippen LogP contribution < -0.4 is 10.5 Å². The first-order valence-electron chi connectivity index (χ1n) is 5.66. The van der Waals surface area contributed by atoms with Crippen LogP contribution in [0.3, 0.4) is 0 Å². The van der Waals surface area contributed by atoms with E-state index in [1.54, 1.807) is 0 Å². The molecule has 1 unspecified atom stereocenters. The van der Waals surface area contributed by atoms with E-state index in [1.807, 2.05) is 20.8 Å². The van der Waals surface area contributed by atoms with Gasteiger partial charge in [0.05, 0.1) is 11.0 Å². The molecule has 0 aliphatic carbocycles. The maximum Gasteiger partial charge on any atom is 0.299 e. The number of aromatic nitrogens is 1. The molecule has 0 spiro atoms. The molecule has 0 aliphatic rings. The van der Waals surface area contributed by atoms with Crippen molar-refractivity contribution >= 4 is 11.5 Å². The second-order valence-electron chi connectivity index (χ2n) is 4.33. The number of nitrogens with zero attached hydrogens (tertiary/aromatic N) is 3. The summed E-state index contributed by atoms with van der Waals surface area (Å²) < 4.78 is 5.52. The van der Waals surface area contributed by atoms with Gasteiger partial charge in [-0.1, -0.05) is 19.0 Å². The molecular formula is C11H16N4O4. The summed E-state index contributed by atoms with van der Waals surface area (Å²) in [7, 11) is 0. The van der Waals surface area contributed by atoms with Crippen LogP contribution in [0.1, 0.15) is 26.5 Å². The van der Waals surface area contributed by atoms with Crippen LogP contribution in [0, 0.1) is 16.0 Å². The summed E-state index contributed by atoms with van der Waals surface area (Å²) in [6.45, 7) is 5.80. The largest absolute Gasteiger partial charge is 0.474 e. The van der Waals surface area contributed by atoms with Gasteiger partial charge in [0.25, 0.3) is 5.69 Å². The lowest BCUT2D eigenvalue weighted by Gasteiger charge is -2.17. The fourth-order valence-electron chi connectivity index (χ4n) is 1.21. The summed E-state index contributed by atoms with van der Waals surface area (Å²) in [5.41, 5.74) is 4.80. The number of nitro groups is 1. The summed E-state index contributed by atoms with van der Waals surface area (Å²) >= 11 is 0. The molecule has 1 atom stereocenters. The monoisotopic (exact) mass is 268 g/mol. The van der Waals surface area contributed by atoms with E-state index in [9.17, 15) is 10.1 Å². The van der Waals surface area contributed by atoms with Crippen molar-refractivity contribution in [2.24, 2.45) is 16.8 Å². The van der Waals surface area contributed by atoms with Crippen molar-refractivity contribution in [3.8, 4) is 5.88 Å². The highest BCUT2D eigenvalue weighted by molar-refractivity contribution is 5.98. The normalized spacial score (nSPS) is 13.4. The van der Waals surface area contributed by atoms with Crippen LogP contribution in [0.25, 0.3) is 0 Å². The smallest absolute Gasteiger partial charge is 0.299 e. The van der Waals surface area contributed by atoms with Gasteiger partial charge in [0.2, 0.25) is 5.88 Å². The molecule has 1 heterocycles. The van der Waals surface area contributed by atoms with Crippen molar-refractivity contribution in [2.75, 3.05) is 0 Å². The molecule has 0 amide bonds. The quantitative estimate of drug-likeness (QED) is 0.274. The lowest BCUT2D eigenvalue weighted by atomic mass is 10.1.